The molecule has 0 bridgehead atoms. The predicted molar refractivity (Wildman–Crippen MR) is 75.7 cm³/mol. The maximum Gasteiger partial charge on any atom is 0.241 e. The molecule has 19 heavy (non-hydrogen) atoms. The fraction of sp³-hybridized carbons (Fsp3) is 0.200. The van der Waals surface area contributed by atoms with Crippen LogP contribution in [-0.2, 0) is 11.2 Å². The molecule has 0 saturated carbocycles. The molecule has 1 aromatic carbocycles. The molecule has 4 heteroatoms. The number of aryl methyl sites for hydroxylation is 1. The number of hydrogen-bond donors (Lipinski definition) is 2. The van der Waals surface area contributed by atoms with Crippen molar-refractivity contribution in [3.63, 3.8) is 0 Å². The zero-order chi connectivity index (χ0) is 13.7. The molecule has 98 valence electrons. The number of nitrogens with one attached hydrogen (secondary N) is 1. The number of carbonyl (C=O) groups is 1. The number of nitrogens with two attached hydrogens (primary N) is 1. The number of aromatic nitrogens is 1. The fourth-order valence-electron chi connectivity index (χ4n) is 1.80. The van der Waals surface area contributed by atoms with E-state index in [2.05, 4.69) is 10.3 Å². The van der Waals surface area contributed by atoms with Crippen LogP contribution in [0.2, 0.25) is 0 Å². The number of anilines is 1. The van der Waals surface area contributed by atoms with E-state index in [0.717, 1.165) is 16.8 Å². The van der Waals surface area contributed by atoms with Crippen LogP contribution in [0, 0.1) is 6.92 Å². The lowest BCUT2D eigenvalue weighted by molar-refractivity contribution is -0.117. The minimum atomic E-state index is -0.560. The third kappa shape index (κ3) is 3.63. The zero-order valence-electron chi connectivity index (χ0n) is 10.8. The van der Waals surface area contributed by atoms with Gasteiger partial charge < -0.3 is 11.1 Å². The predicted octanol–water partition coefficient (Wildman–Crippen LogP) is 1.90. The Morgan fingerprint density at radius 3 is 2.74 bits per heavy atom. The summed E-state index contributed by atoms with van der Waals surface area (Å²) in [5.74, 6) is -0.182. The van der Waals surface area contributed by atoms with Gasteiger partial charge in [0.1, 0.15) is 0 Å². The molecule has 3 N–H and O–H groups in total. The molecule has 1 aromatic heterocycles. The summed E-state index contributed by atoms with van der Waals surface area (Å²) in [5, 5.41) is 2.83. The van der Waals surface area contributed by atoms with Gasteiger partial charge in [0.2, 0.25) is 5.91 Å². The number of nitrogens with zero attached hydrogens (tertiary/aromatic N) is 1. The highest BCUT2D eigenvalue weighted by molar-refractivity contribution is 5.95. The van der Waals surface area contributed by atoms with E-state index in [-0.39, 0.29) is 5.91 Å². The van der Waals surface area contributed by atoms with Gasteiger partial charge in [-0.3, -0.25) is 9.78 Å². The lowest BCUT2D eigenvalue weighted by Gasteiger charge is -2.13. The third-order valence-electron chi connectivity index (χ3n) is 2.91. The molecule has 1 heterocycles. The smallest absolute Gasteiger partial charge is 0.241 e. The van der Waals surface area contributed by atoms with E-state index >= 15 is 0 Å². The Hall–Kier alpha value is -2.20. The van der Waals surface area contributed by atoms with E-state index < -0.39 is 6.04 Å². The molecule has 2 aromatic rings. The van der Waals surface area contributed by atoms with Crippen LogP contribution in [0.5, 0.6) is 0 Å². The second-order valence-electron chi connectivity index (χ2n) is 4.48. The Balaban J connectivity index is 1.99. The van der Waals surface area contributed by atoms with Crippen LogP contribution in [0.3, 0.4) is 0 Å². The van der Waals surface area contributed by atoms with Gasteiger partial charge in [-0.15, -0.1) is 0 Å². The first kappa shape index (κ1) is 13.2. The first-order chi connectivity index (χ1) is 9.16. The van der Waals surface area contributed by atoms with E-state index in [1.807, 2.05) is 37.3 Å². The van der Waals surface area contributed by atoms with Crippen LogP contribution < -0.4 is 11.1 Å². The van der Waals surface area contributed by atoms with Gasteiger partial charge in [-0.2, -0.15) is 0 Å². The summed E-state index contributed by atoms with van der Waals surface area (Å²) in [6.07, 6.45) is 3.88. The molecule has 0 saturated heterocycles. The van der Waals surface area contributed by atoms with E-state index in [0.29, 0.717) is 6.42 Å². The summed E-state index contributed by atoms with van der Waals surface area (Å²) in [5.41, 5.74) is 8.64. The van der Waals surface area contributed by atoms with Crippen molar-refractivity contribution in [2.24, 2.45) is 5.73 Å². The Bertz CT molecular complexity index is 554. The standard InChI is InChI=1S/C15H17N3O/c1-11-10-17-8-7-14(11)18-15(19)13(16)9-12-5-3-2-4-6-12/h2-8,10,13H,9,16H2,1H3,(H,17,18,19)/t13-/m0/s1. The highest BCUT2D eigenvalue weighted by Gasteiger charge is 2.14. The molecule has 0 aliphatic rings. The van der Waals surface area contributed by atoms with Gasteiger partial charge in [0.25, 0.3) is 0 Å². The number of rotatable bonds is 4. The molecule has 1 atom stereocenters. The summed E-state index contributed by atoms with van der Waals surface area (Å²) in [7, 11) is 0. The van der Waals surface area contributed by atoms with Crippen molar-refractivity contribution in [1.82, 2.24) is 4.98 Å². The molecular weight excluding hydrogens is 238 g/mol. The number of benzene rings is 1. The third-order valence-corrected chi connectivity index (χ3v) is 2.91. The summed E-state index contributed by atoms with van der Waals surface area (Å²) in [6, 6.07) is 10.9. The molecule has 2 rings (SSSR count). The maximum atomic E-state index is 12.0. The van der Waals surface area contributed by atoms with Crippen LogP contribution in [0.15, 0.2) is 48.8 Å². The first-order valence-corrected chi connectivity index (χ1v) is 6.18. The average molecular weight is 255 g/mol. The quantitative estimate of drug-likeness (QED) is 0.876. The van der Waals surface area contributed by atoms with Crippen molar-refractivity contribution in [2.75, 3.05) is 5.32 Å². The van der Waals surface area contributed by atoms with Gasteiger partial charge in [-0.1, -0.05) is 30.3 Å². The van der Waals surface area contributed by atoms with Gasteiger partial charge in [-0.05, 0) is 30.5 Å². The van der Waals surface area contributed by atoms with Gasteiger partial charge in [-0.25, -0.2) is 0 Å². The normalized spacial score (nSPS) is 11.9. The number of pyridine rings is 1. The van der Waals surface area contributed by atoms with E-state index in [4.69, 9.17) is 5.73 Å². The van der Waals surface area contributed by atoms with Gasteiger partial charge >= 0.3 is 0 Å². The van der Waals surface area contributed by atoms with E-state index in [1.165, 1.54) is 0 Å². The Morgan fingerprint density at radius 1 is 1.32 bits per heavy atom. The van der Waals surface area contributed by atoms with Crippen molar-refractivity contribution < 1.29 is 4.79 Å². The summed E-state index contributed by atoms with van der Waals surface area (Å²) < 4.78 is 0. The number of carbonyl (C=O) groups excluding carboxylic acids is 1. The van der Waals surface area contributed by atoms with E-state index in [1.54, 1.807) is 18.5 Å². The Labute approximate surface area is 112 Å². The van der Waals surface area contributed by atoms with Crippen LogP contribution >= 0.6 is 0 Å². The summed E-state index contributed by atoms with van der Waals surface area (Å²) in [4.78, 5) is 16.0. The second-order valence-corrected chi connectivity index (χ2v) is 4.48. The molecule has 4 nitrogen and oxygen atoms in total. The molecular formula is C15H17N3O. The topological polar surface area (TPSA) is 68.0 Å². The fourth-order valence-corrected chi connectivity index (χ4v) is 1.80. The molecule has 0 aliphatic carbocycles. The Morgan fingerprint density at radius 2 is 2.05 bits per heavy atom. The summed E-state index contributed by atoms with van der Waals surface area (Å²) in [6.45, 7) is 1.89. The van der Waals surface area contributed by atoms with Crippen LogP contribution in [0.25, 0.3) is 0 Å². The monoisotopic (exact) mass is 255 g/mol. The first-order valence-electron chi connectivity index (χ1n) is 6.18. The average Bonchev–Trinajstić information content (AvgIpc) is 2.42. The maximum absolute atomic E-state index is 12.0. The largest absolute Gasteiger partial charge is 0.324 e. The molecule has 0 fully saturated rings. The second kappa shape index (κ2) is 6.11. The van der Waals surface area contributed by atoms with Gasteiger partial charge in [0.15, 0.2) is 0 Å². The van der Waals surface area contributed by atoms with Crippen LogP contribution in [0.1, 0.15) is 11.1 Å². The highest BCUT2D eigenvalue weighted by atomic mass is 16.2. The van der Waals surface area contributed by atoms with Crippen molar-refractivity contribution in [1.29, 1.82) is 0 Å². The lowest BCUT2D eigenvalue weighted by atomic mass is 10.1. The highest BCUT2D eigenvalue weighted by Crippen LogP contribution is 2.12. The lowest BCUT2D eigenvalue weighted by Crippen LogP contribution is -2.37. The minimum absolute atomic E-state index is 0.182. The molecule has 0 aliphatic heterocycles. The minimum Gasteiger partial charge on any atom is -0.324 e. The zero-order valence-corrected chi connectivity index (χ0v) is 10.8. The van der Waals surface area contributed by atoms with Crippen molar-refractivity contribution in [3.8, 4) is 0 Å². The molecule has 1 amide bonds. The summed E-state index contributed by atoms with van der Waals surface area (Å²) >= 11 is 0. The number of amides is 1. The van der Waals surface area contributed by atoms with Crippen molar-refractivity contribution in [3.05, 3.63) is 59.9 Å². The molecule has 0 unspecified atom stereocenters. The van der Waals surface area contributed by atoms with Crippen LogP contribution in [-0.4, -0.2) is 16.9 Å². The van der Waals surface area contributed by atoms with Crippen LogP contribution in [0.4, 0.5) is 5.69 Å². The SMILES string of the molecule is Cc1cnccc1NC(=O)[C@@H](N)Cc1ccccc1. The van der Waals surface area contributed by atoms with Crippen molar-refractivity contribution in [2.45, 2.75) is 19.4 Å². The van der Waals surface area contributed by atoms with Crippen molar-refractivity contribution >= 4 is 11.6 Å². The Kier molecular flexibility index (Phi) is 4.26. The molecule has 0 spiro atoms. The van der Waals surface area contributed by atoms with Gasteiger partial charge in [0.05, 0.1) is 6.04 Å². The number of hydrogen-bond acceptors (Lipinski definition) is 3. The van der Waals surface area contributed by atoms with E-state index in [9.17, 15) is 4.79 Å². The van der Waals surface area contributed by atoms with Gasteiger partial charge in [0, 0.05) is 18.1 Å². The molecule has 0 radical (unpaired) electrons.